The van der Waals surface area contributed by atoms with Gasteiger partial charge in [-0.05, 0) is 80.0 Å². The lowest BCUT2D eigenvalue weighted by Crippen LogP contribution is -2.51. The molecule has 9 rings (SSSR count). The van der Waals surface area contributed by atoms with Gasteiger partial charge >= 0.3 is 0 Å². The summed E-state index contributed by atoms with van der Waals surface area (Å²) in [4.78, 5) is 40.7. The van der Waals surface area contributed by atoms with Gasteiger partial charge in [-0.15, -0.1) is 0 Å². The fourth-order valence-corrected chi connectivity index (χ4v) is 8.37. The molecule has 2 saturated carbocycles. The van der Waals surface area contributed by atoms with Gasteiger partial charge in [0.25, 0.3) is 11.8 Å². The van der Waals surface area contributed by atoms with E-state index in [4.69, 9.17) is 27.3 Å². The van der Waals surface area contributed by atoms with Gasteiger partial charge in [-0.1, -0.05) is 29.8 Å². The molecule has 2 N–H and O–H groups in total. The Hall–Kier alpha value is -4.21. The fraction of sp³-hybridized carbons (Fsp3) is 0.389. The first-order valence-electron chi connectivity index (χ1n) is 16.5. The van der Waals surface area contributed by atoms with Crippen LogP contribution in [0.25, 0.3) is 33.6 Å². The normalized spacial score (nSPS) is 22.7. The molecule has 46 heavy (non-hydrogen) atoms. The quantitative estimate of drug-likeness (QED) is 0.257. The van der Waals surface area contributed by atoms with Crippen LogP contribution in [0.5, 0.6) is 0 Å². The molecule has 2 amide bonds. The zero-order valence-corrected chi connectivity index (χ0v) is 26.3. The molecule has 3 aromatic heterocycles. The van der Waals surface area contributed by atoms with Crippen LogP contribution in [0.3, 0.4) is 0 Å². The molecule has 2 bridgehead atoms. The monoisotopic (exact) mass is 633 g/mol. The minimum absolute atomic E-state index is 0.0244. The van der Waals surface area contributed by atoms with E-state index in [9.17, 15) is 9.59 Å². The molecule has 5 aromatic rings. The Labute approximate surface area is 271 Å². The molecular formula is C36H36ClN7O2. The predicted octanol–water partition coefficient (Wildman–Crippen LogP) is 5.45. The van der Waals surface area contributed by atoms with E-state index in [-0.39, 0.29) is 29.8 Å². The second-order valence-corrected chi connectivity index (χ2v) is 14.2. The number of aromatic nitrogens is 4. The Morgan fingerprint density at radius 3 is 2.39 bits per heavy atom. The number of hydrogen-bond acceptors (Lipinski definition) is 5. The molecule has 4 aliphatic rings. The molecular weight excluding hydrogens is 598 g/mol. The standard InChI is InChI=1S/C36H36ClN7O2/c37-27-13-26(36(46)43-20-25-10-11-29(43)31(25)38)14-28-32(27)44(19-22-16-41(17-22)35(45)23-5-2-1-3-6-23)34(40-28)30-15-24-7-4-12-39-33(24)42(30)18-21-8-9-21/h1-7,12-15,21-22,25,29,31H,8-11,16-20,38H2/t25-,29-,31-/m1/s1. The van der Waals surface area contributed by atoms with Crippen LogP contribution in [0.15, 0.2) is 66.9 Å². The van der Waals surface area contributed by atoms with E-state index in [1.54, 1.807) is 6.07 Å². The minimum Gasteiger partial charge on any atom is -0.338 e. The number of hydrogen-bond donors (Lipinski definition) is 1. The van der Waals surface area contributed by atoms with Crippen LogP contribution in [-0.4, -0.2) is 72.4 Å². The summed E-state index contributed by atoms with van der Waals surface area (Å²) in [5.74, 6) is 2.09. The van der Waals surface area contributed by atoms with Crippen LogP contribution in [0.4, 0.5) is 0 Å². The second kappa shape index (κ2) is 10.7. The van der Waals surface area contributed by atoms with Gasteiger partial charge in [0.05, 0.1) is 21.7 Å². The lowest BCUT2D eigenvalue weighted by atomic mass is 9.98. The van der Waals surface area contributed by atoms with Crippen molar-refractivity contribution in [1.29, 1.82) is 0 Å². The maximum atomic E-state index is 13.8. The van der Waals surface area contributed by atoms with E-state index >= 15 is 0 Å². The second-order valence-electron chi connectivity index (χ2n) is 13.8. The third kappa shape index (κ3) is 4.54. The van der Waals surface area contributed by atoms with Gasteiger partial charge in [0.2, 0.25) is 0 Å². The highest BCUT2D eigenvalue weighted by molar-refractivity contribution is 6.35. The molecule has 2 aliphatic heterocycles. The Bertz CT molecular complexity index is 2010. The molecule has 2 saturated heterocycles. The number of likely N-dealkylation sites (tertiary alicyclic amines) is 2. The number of benzene rings is 2. The van der Waals surface area contributed by atoms with Crippen molar-refractivity contribution in [2.45, 2.75) is 50.9 Å². The van der Waals surface area contributed by atoms with E-state index in [1.807, 2.05) is 58.5 Å². The molecule has 0 radical (unpaired) electrons. The molecule has 10 heteroatoms. The number of fused-ring (bicyclic) bond motifs is 4. The van der Waals surface area contributed by atoms with Crippen LogP contribution in [0, 0.1) is 17.8 Å². The number of halogens is 1. The zero-order valence-electron chi connectivity index (χ0n) is 25.6. The Kier molecular flexibility index (Phi) is 6.51. The summed E-state index contributed by atoms with van der Waals surface area (Å²) < 4.78 is 4.52. The van der Waals surface area contributed by atoms with Gasteiger partial charge in [-0.3, -0.25) is 9.59 Å². The van der Waals surface area contributed by atoms with E-state index < -0.39 is 0 Å². The summed E-state index contributed by atoms with van der Waals surface area (Å²) in [5.41, 5.74) is 11.2. The average molecular weight is 634 g/mol. The summed E-state index contributed by atoms with van der Waals surface area (Å²) >= 11 is 7.10. The number of piperidine rings is 1. The SMILES string of the molecule is N[C@@H]1[C@@H]2CC[C@H]1N(C(=O)c1cc(Cl)c3c(c1)nc(-c1cc4cccnc4n1CC1CC1)n3CC1CN(C(=O)c3ccccc3)C1)C2. The zero-order chi connectivity index (χ0) is 31.1. The third-order valence-corrected chi connectivity index (χ3v) is 11.0. The highest BCUT2D eigenvalue weighted by atomic mass is 35.5. The molecule has 0 unspecified atom stereocenters. The van der Waals surface area contributed by atoms with Gasteiger partial charge in [-0.2, -0.15) is 0 Å². The van der Waals surface area contributed by atoms with Crippen LogP contribution in [-0.2, 0) is 13.1 Å². The van der Waals surface area contributed by atoms with Crippen molar-refractivity contribution in [2.75, 3.05) is 19.6 Å². The lowest BCUT2D eigenvalue weighted by Gasteiger charge is -2.39. The molecule has 4 fully saturated rings. The van der Waals surface area contributed by atoms with Crippen molar-refractivity contribution in [1.82, 2.24) is 28.9 Å². The van der Waals surface area contributed by atoms with Crippen molar-refractivity contribution in [3.05, 3.63) is 83.0 Å². The first kappa shape index (κ1) is 28.0. The Morgan fingerprint density at radius 1 is 0.848 bits per heavy atom. The van der Waals surface area contributed by atoms with Crippen LogP contribution >= 0.6 is 11.6 Å². The highest BCUT2D eigenvalue weighted by Crippen LogP contribution is 2.40. The maximum absolute atomic E-state index is 13.8. The van der Waals surface area contributed by atoms with Crippen molar-refractivity contribution >= 4 is 45.5 Å². The Balaban J connectivity index is 1.11. The fourth-order valence-electron chi connectivity index (χ4n) is 8.05. The number of nitrogens with zero attached hydrogens (tertiary/aromatic N) is 6. The summed E-state index contributed by atoms with van der Waals surface area (Å²) in [6.07, 6.45) is 6.32. The Morgan fingerprint density at radius 2 is 1.65 bits per heavy atom. The number of imidazole rings is 1. The largest absolute Gasteiger partial charge is 0.338 e. The van der Waals surface area contributed by atoms with Crippen LogP contribution < -0.4 is 5.73 Å². The van der Waals surface area contributed by atoms with Gasteiger partial charge in [-0.25, -0.2) is 9.97 Å². The van der Waals surface area contributed by atoms with Crippen LogP contribution in [0.1, 0.15) is 46.4 Å². The molecule has 234 valence electrons. The number of rotatable bonds is 7. The van der Waals surface area contributed by atoms with E-state index in [2.05, 4.69) is 21.3 Å². The van der Waals surface area contributed by atoms with E-state index in [0.29, 0.717) is 59.7 Å². The van der Waals surface area contributed by atoms with E-state index in [0.717, 1.165) is 47.5 Å². The summed E-state index contributed by atoms with van der Waals surface area (Å²) in [6, 6.07) is 19.5. The third-order valence-electron chi connectivity index (χ3n) is 10.7. The van der Waals surface area contributed by atoms with Crippen molar-refractivity contribution in [3.8, 4) is 11.5 Å². The maximum Gasteiger partial charge on any atom is 0.254 e. The topological polar surface area (TPSA) is 102 Å². The highest BCUT2D eigenvalue weighted by Gasteiger charge is 2.47. The summed E-state index contributed by atoms with van der Waals surface area (Å²) in [6.45, 7) is 3.56. The lowest BCUT2D eigenvalue weighted by molar-refractivity contribution is 0.0471. The molecule has 2 aromatic carbocycles. The van der Waals surface area contributed by atoms with Crippen molar-refractivity contribution < 1.29 is 9.59 Å². The van der Waals surface area contributed by atoms with Crippen molar-refractivity contribution in [3.63, 3.8) is 0 Å². The van der Waals surface area contributed by atoms with Gasteiger partial charge in [0, 0.05) is 73.4 Å². The first-order valence-corrected chi connectivity index (χ1v) is 16.9. The average Bonchev–Trinajstić information content (AvgIpc) is 3.40. The van der Waals surface area contributed by atoms with Gasteiger partial charge in [0.15, 0.2) is 5.82 Å². The predicted molar refractivity (Wildman–Crippen MR) is 178 cm³/mol. The first-order chi connectivity index (χ1) is 22.4. The van der Waals surface area contributed by atoms with Crippen molar-refractivity contribution in [2.24, 2.45) is 23.5 Å². The van der Waals surface area contributed by atoms with Crippen LogP contribution in [0.2, 0.25) is 5.02 Å². The summed E-state index contributed by atoms with van der Waals surface area (Å²) in [5, 5.41) is 1.58. The molecule has 5 heterocycles. The molecule has 0 spiro atoms. The number of amides is 2. The minimum atomic E-state index is -0.0244. The number of carbonyl (C=O) groups is 2. The van der Waals surface area contributed by atoms with Gasteiger partial charge < -0.3 is 24.7 Å². The van der Waals surface area contributed by atoms with Gasteiger partial charge in [0.1, 0.15) is 5.65 Å². The molecule has 3 atom stereocenters. The van der Waals surface area contributed by atoms with E-state index in [1.165, 1.54) is 12.8 Å². The molecule has 9 nitrogen and oxygen atoms in total. The smallest absolute Gasteiger partial charge is 0.254 e. The molecule has 2 aliphatic carbocycles. The number of pyridine rings is 1. The number of nitrogens with two attached hydrogens (primary N) is 1. The summed E-state index contributed by atoms with van der Waals surface area (Å²) in [7, 11) is 0. The number of carbonyl (C=O) groups excluding carboxylic acids is 2.